The Bertz CT molecular complexity index is 967. The molecule has 3 rings (SSSR count). The summed E-state index contributed by atoms with van der Waals surface area (Å²) in [7, 11) is 0. The summed E-state index contributed by atoms with van der Waals surface area (Å²) >= 11 is 1.42. The van der Waals surface area contributed by atoms with E-state index in [1.807, 2.05) is 37.3 Å². The highest BCUT2D eigenvalue weighted by molar-refractivity contribution is 7.98. The number of thioether (sulfide) groups is 1. The Labute approximate surface area is 155 Å². The molecule has 132 valence electrons. The van der Waals surface area contributed by atoms with E-state index in [0.717, 1.165) is 16.8 Å². The molecular weight excluding hydrogens is 348 g/mol. The molecule has 6 heteroatoms. The van der Waals surface area contributed by atoms with E-state index in [2.05, 4.69) is 9.97 Å². The van der Waals surface area contributed by atoms with Crippen LogP contribution in [-0.4, -0.2) is 21.0 Å². The first-order chi connectivity index (χ1) is 12.5. The van der Waals surface area contributed by atoms with Crippen LogP contribution in [0.5, 0.6) is 0 Å². The van der Waals surface area contributed by atoms with Crippen molar-refractivity contribution in [3.05, 3.63) is 92.9 Å². The van der Waals surface area contributed by atoms with Crippen LogP contribution in [0.2, 0.25) is 0 Å². The first kappa shape index (κ1) is 17.9. The van der Waals surface area contributed by atoms with E-state index in [1.54, 1.807) is 24.3 Å². The number of hydrogen-bond donors (Lipinski definition) is 2. The van der Waals surface area contributed by atoms with Crippen molar-refractivity contribution in [3.8, 4) is 0 Å². The van der Waals surface area contributed by atoms with Gasteiger partial charge in [0.2, 0.25) is 0 Å². The summed E-state index contributed by atoms with van der Waals surface area (Å²) in [4.78, 5) is 30.6. The third-order valence-electron chi connectivity index (χ3n) is 4.00. The van der Waals surface area contributed by atoms with Crippen LogP contribution in [0.4, 0.5) is 0 Å². The minimum Gasteiger partial charge on any atom is -0.478 e. The molecule has 0 radical (unpaired) electrons. The summed E-state index contributed by atoms with van der Waals surface area (Å²) in [5.74, 6) is -0.347. The molecule has 0 aliphatic carbocycles. The first-order valence-corrected chi connectivity index (χ1v) is 9.10. The second-order valence-electron chi connectivity index (χ2n) is 5.89. The van der Waals surface area contributed by atoms with Gasteiger partial charge in [0.05, 0.1) is 5.56 Å². The summed E-state index contributed by atoms with van der Waals surface area (Å²) in [5, 5.41) is 9.48. The summed E-state index contributed by atoms with van der Waals surface area (Å²) < 4.78 is 0. The van der Waals surface area contributed by atoms with E-state index in [1.165, 1.54) is 11.8 Å². The Balaban J connectivity index is 1.71. The average Bonchev–Trinajstić information content (AvgIpc) is 2.64. The van der Waals surface area contributed by atoms with Crippen LogP contribution in [-0.2, 0) is 12.2 Å². The Hall–Kier alpha value is -2.86. The molecule has 0 aliphatic rings. The maximum Gasteiger partial charge on any atom is 0.335 e. The van der Waals surface area contributed by atoms with Crippen LogP contribution >= 0.6 is 11.8 Å². The van der Waals surface area contributed by atoms with Crippen LogP contribution in [0.25, 0.3) is 0 Å². The number of carboxylic acid groups (broad SMARTS) is 1. The van der Waals surface area contributed by atoms with Gasteiger partial charge in [-0.1, -0.05) is 54.2 Å². The van der Waals surface area contributed by atoms with Crippen molar-refractivity contribution in [2.45, 2.75) is 24.3 Å². The number of aromatic carboxylic acids is 1. The van der Waals surface area contributed by atoms with Gasteiger partial charge >= 0.3 is 5.97 Å². The molecule has 2 aromatic carbocycles. The second-order valence-corrected chi connectivity index (χ2v) is 6.85. The van der Waals surface area contributed by atoms with E-state index in [4.69, 9.17) is 5.11 Å². The lowest BCUT2D eigenvalue weighted by Crippen LogP contribution is -2.17. The fraction of sp³-hybridized carbons (Fsp3) is 0.150. The molecule has 0 saturated heterocycles. The molecule has 0 unspecified atom stereocenters. The van der Waals surface area contributed by atoms with Gasteiger partial charge in [-0.25, -0.2) is 9.78 Å². The Morgan fingerprint density at radius 1 is 1.08 bits per heavy atom. The fourth-order valence-corrected chi connectivity index (χ4v) is 3.42. The zero-order chi connectivity index (χ0) is 18.5. The smallest absolute Gasteiger partial charge is 0.335 e. The molecule has 0 amide bonds. The van der Waals surface area contributed by atoms with Crippen molar-refractivity contribution in [1.29, 1.82) is 0 Å². The van der Waals surface area contributed by atoms with Crippen LogP contribution in [0.3, 0.4) is 0 Å². The molecule has 1 heterocycles. The molecule has 3 aromatic rings. The number of carbonyl (C=O) groups is 1. The van der Waals surface area contributed by atoms with Gasteiger partial charge in [-0.05, 0) is 30.2 Å². The van der Waals surface area contributed by atoms with Gasteiger partial charge in [0.1, 0.15) is 0 Å². The number of rotatable bonds is 6. The number of nitrogens with zero attached hydrogens (tertiary/aromatic N) is 1. The molecule has 1 aromatic heterocycles. The molecule has 0 atom stereocenters. The van der Waals surface area contributed by atoms with Crippen LogP contribution in [0.15, 0.2) is 64.5 Å². The molecule has 0 saturated carbocycles. The van der Waals surface area contributed by atoms with Crippen LogP contribution in [0.1, 0.15) is 32.7 Å². The van der Waals surface area contributed by atoms with E-state index >= 15 is 0 Å². The van der Waals surface area contributed by atoms with Gasteiger partial charge in [-0.15, -0.1) is 0 Å². The third-order valence-corrected chi connectivity index (χ3v) is 4.95. The van der Waals surface area contributed by atoms with Crippen LogP contribution < -0.4 is 5.56 Å². The lowest BCUT2D eigenvalue weighted by Gasteiger charge is -2.07. The number of benzene rings is 2. The quantitative estimate of drug-likeness (QED) is 0.514. The number of aromatic nitrogens is 2. The van der Waals surface area contributed by atoms with Gasteiger partial charge < -0.3 is 10.1 Å². The highest BCUT2D eigenvalue weighted by Crippen LogP contribution is 2.20. The third kappa shape index (κ3) is 4.40. The second kappa shape index (κ2) is 8.01. The number of hydrogen-bond acceptors (Lipinski definition) is 4. The number of H-pyrrole nitrogens is 1. The number of carboxylic acids is 1. The van der Waals surface area contributed by atoms with E-state index in [9.17, 15) is 9.59 Å². The van der Waals surface area contributed by atoms with Crippen molar-refractivity contribution < 1.29 is 9.90 Å². The Morgan fingerprint density at radius 2 is 1.77 bits per heavy atom. The van der Waals surface area contributed by atoms with Crippen molar-refractivity contribution >= 4 is 17.7 Å². The van der Waals surface area contributed by atoms with Crippen molar-refractivity contribution in [2.24, 2.45) is 0 Å². The highest BCUT2D eigenvalue weighted by atomic mass is 32.2. The van der Waals surface area contributed by atoms with E-state index in [0.29, 0.717) is 22.9 Å². The number of aryl methyl sites for hydroxylation is 1. The van der Waals surface area contributed by atoms with Gasteiger partial charge in [-0.2, -0.15) is 0 Å². The van der Waals surface area contributed by atoms with Crippen molar-refractivity contribution in [3.63, 3.8) is 0 Å². The van der Waals surface area contributed by atoms with E-state index in [-0.39, 0.29) is 11.1 Å². The van der Waals surface area contributed by atoms with Gasteiger partial charge in [0.15, 0.2) is 5.16 Å². The van der Waals surface area contributed by atoms with Crippen LogP contribution in [0, 0.1) is 6.92 Å². The lowest BCUT2D eigenvalue weighted by molar-refractivity contribution is 0.0697. The Morgan fingerprint density at radius 3 is 2.38 bits per heavy atom. The maximum atomic E-state index is 12.4. The highest BCUT2D eigenvalue weighted by Gasteiger charge is 2.10. The summed E-state index contributed by atoms with van der Waals surface area (Å²) in [6.45, 7) is 1.85. The largest absolute Gasteiger partial charge is 0.478 e. The molecule has 5 nitrogen and oxygen atoms in total. The molecule has 26 heavy (non-hydrogen) atoms. The van der Waals surface area contributed by atoms with Gasteiger partial charge in [0.25, 0.3) is 5.56 Å². The predicted molar refractivity (Wildman–Crippen MR) is 102 cm³/mol. The van der Waals surface area contributed by atoms with Crippen molar-refractivity contribution in [2.75, 3.05) is 0 Å². The molecule has 2 N–H and O–H groups in total. The van der Waals surface area contributed by atoms with Crippen molar-refractivity contribution in [1.82, 2.24) is 9.97 Å². The van der Waals surface area contributed by atoms with Gasteiger partial charge in [0, 0.05) is 23.4 Å². The molecule has 0 aliphatic heterocycles. The SMILES string of the molecule is Cc1nc(SCc2ccc(C(=O)O)cc2)[nH]c(=O)c1Cc1ccccc1. The Kier molecular flexibility index (Phi) is 5.53. The minimum atomic E-state index is -0.945. The zero-order valence-electron chi connectivity index (χ0n) is 14.2. The topological polar surface area (TPSA) is 83.0 Å². The summed E-state index contributed by atoms with van der Waals surface area (Å²) in [5.41, 5.74) is 3.57. The maximum absolute atomic E-state index is 12.4. The molecule has 0 bridgehead atoms. The molecular formula is C20H18N2O3S. The number of aromatic amines is 1. The monoisotopic (exact) mass is 366 g/mol. The minimum absolute atomic E-state index is 0.120. The lowest BCUT2D eigenvalue weighted by atomic mass is 10.1. The van der Waals surface area contributed by atoms with Gasteiger partial charge in [-0.3, -0.25) is 4.79 Å². The molecule has 0 fully saturated rings. The summed E-state index contributed by atoms with van der Waals surface area (Å²) in [6.07, 6.45) is 0.552. The van der Waals surface area contributed by atoms with E-state index < -0.39 is 5.97 Å². The standard InChI is InChI=1S/C20H18N2O3S/c1-13-17(11-14-5-3-2-4-6-14)18(23)22-20(21-13)26-12-15-7-9-16(10-8-15)19(24)25/h2-10H,11-12H2,1H3,(H,24,25)(H,21,22,23). The molecule has 0 spiro atoms. The zero-order valence-corrected chi connectivity index (χ0v) is 15.0. The predicted octanol–water partition coefficient (Wildman–Crippen LogP) is 3.66. The first-order valence-electron chi connectivity index (χ1n) is 8.11. The normalized spacial score (nSPS) is 10.7. The average molecular weight is 366 g/mol. The summed E-state index contributed by atoms with van der Waals surface area (Å²) in [6, 6.07) is 16.5. The fourth-order valence-electron chi connectivity index (χ4n) is 2.56. The number of nitrogens with one attached hydrogen (secondary N) is 1.